The monoisotopic (exact) mass is 380 g/mol. The summed E-state index contributed by atoms with van der Waals surface area (Å²) in [5.74, 6) is -1.66. The molecule has 0 saturated carbocycles. The van der Waals surface area contributed by atoms with Gasteiger partial charge in [-0.05, 0) is 42.7 Å². The van der Waals surface area contributed by atoms with Gasteiger partial charge < -0.3 is 9.15 Å². The number of ether oxygens (including phenoxy) is 1. The Morgan fingerprint density at radius 3 is 2.30 bits per heavy atom. The normalized spacial score (nSPS) is 11.8. The summed E-state index contributed by atoms with van der Waals surface area (Å²) in [7, 11) is 0. The molecule has 0 amide bonds. The van der Waals surface area contributed by atoms with Gasteiger partial charge in [0, 0.05) is 6.07 Å². The molecule has 7 heteroatoms. The summed E-state index contributed by atoms with van der Waals surface area (Å²) in [6.45, 7) is 3.91. The van der Waals surface area contributed by atoms with Crippen molar-refractivity contribution in [1.82, 2.24) is 0 Å². The van der Waals surface area contributed by atoms with E-state index in [4.69, 9.17) is 9.15 Å². The van der Waals surface area contributed by atoms with E-state index in [1.165, 1.54) is 12.1 Å². The van der Waals surface area contributed by atoms with E-state index in [2.05, 4.69) is 0 Å². The average Bonchev–Trinajstić information content (AvgIpc) is 2.61. The van der Waals surface area contributed by atoms with E-state index in [1.54, 1.807) is 6.92 Å². The number of fused-ring (bicyclic) bond motifs is 1. The highest BCUT2D eigenvalue weighted by atomic mass is 19.4. The van der Waals surface area contributed by atoms with Crippen LogP contribution in [0.15, 0.2) is 45.6 Å². The fraction of sp³-hybridized carbons (Fsp3) is 0.250. The third-order valence-electron chi connectivity index (χ3n) is 4.14. The third-order valence-corrected chi connectivity index (χ3v) is 4.14. The van der Waals surface area contributed by atoms with Crippen molar-refractivity contribution in [3.63, 3.8) is 0 Å². The molecule has 1 aromatic heterocycles. The van der Waals surface area contributed by atoms with E-state index in [0.717, 1.165) is 24.3 Å². The minimum absolute atomic E-state index is 0.0163. The summed E-state index contributed by atoms with van der Waals surface area (Å²) in [6.07, 6.45) is -4.37. The van der Waals surface area contributed by atoms with Gasteiger partial charge in [0.1, 0.15) is 17.1 Å². The van der Waals surface area contributed by atoms with Crippen molar-refractivity contribution in [1.29, 1.82) is 0 Å². The summed E-state index contributed by atoms with van der Waals surface area (Å²) >= 11 is 0. The second-order valence-electron chi connectivity index (χ2n) is 5.88. The number of halogens is 4. The highest BCUT2D eigenvalue weighted by Crippen LogP contribution is 2.38. The van der Waals surface area contributed by atoms with Gasteiger partial charge in [-0.15, -0.1) is 0 Å². The van der Waals surface area contributed by atoms with E-state index in [9.17, 15) is 22.4 Å². The fourth-order valence-corrected chi connectivity index (χ4v) is 2.91. The van der Waals surface area contributed by atoms with Crippen molar-refractivity contribution >= 4 is 11.0 Å². The lowest BCUT2D eigenvalue weighted by Gasteiger charge is -2.15. The first-order chi connectivity index (χ1) is 12.8. The van der Waals surface area contributed by atoms with Crippen molar-refractivity contribution < 1.29 is 26.7 Å². The van der Waals surface area contributed by atoms with Gasteiger partial charge >= 0.3 is 6.18 Å². The van der Waals surface area contributed by atoms with E-state index < -0.39 is 28.7 Å². The second kappa shape index (κ2) is 7.06. The number of benzene rings is 2. The van der Waals surface area contributed by atoms with Crippen LogP contribution in [0.1, 0.15) is 25.2 Å². The molecule has 1 heterocycles. The van der Waals surface area contributed by atoms with Crippen LogP contribution in [0.5, 0.6) is 5.75 Å². The SMILES string of the molecule is CCOc1cc2oc(C(F)(F)F)c(-c3ccc(F)cc3)c(=O)c2cc1CC. The molecule has 0 fully saturated rings. The minimum atomic E-state index is -4.90. The molecule has 0 aliphatic heterocycles. The average molecular weight is 380 g/mol. The maximum atomic E-state index is 13.6. The number of rotatable bonds is 4. The molecule has 0 radical (unpaired) electrons. The van der Waals surface area contributed by atoms with E-state index in [-0.39, 0.29) is 16.5 Å². The molecule has 0 N–H and O–H groups in total. The van der Waals surface area contributed by atoms with E-state index >= 15 is 0 Å². The van der Waals surface area contributed by atoms with Crippen LogP contribution in [0, 0.1) is 5.82 Å². The largest absolute Gasteiger partial charge is 0.493 e. The molecule has 3 nitrogen and oxygen atoms in total. The molecule has 2 aromatic carbocycles. The van der Waals surface area contributed by atoms with Crippen LogP contribution in [0.3, 0.4) is 0 Å². The predicted molar refractivity (Wildman–Crippen MR) is 93.4 cm³/mol. The summed E-state index contributed by atoms with van der Waals surface area (Å²) in [5, 5.41) is 0.0163. The van der Waals surface area contributed by atoms with Gasteiger partial charge in [-0.25, -0.2) is 4.39 Å². The lowest BCUT2D eigenvalue weighted by atomic mass is 10.00. The van der Waals surface area contributed by atoms with Crippen molar-refractivity contribution in [3.05, 3.63) is 63.8 Å². The molecule has 27 heavy (non-hydrogen) atoms. The molecule has 0 atom stereocenters. The number of hydrogen-bond acceptors (Lipinski definition) is 3. The first kappa shape index (κ1) is 18.9. The zero-order chi connectivity index (χ0) is 19.8. The highest BCUT2D eigenvalue weighted by Gasteiger charge is 2.39. The lowest BCUT2D eigenvalue weighted by Crippen LogP contribution is -2.16. The van der Waals surface area contributed by atoms with Crippen LogP contribution in [0.2, 0.25) is 0 Å². The van der Waals surface area contributed by atoms with Gasteiger partial charge in [-0.1, -0.05) is 19.1 Å². The first-order valence-corrected chi connectivity index (χ1v) is 8.35. The lowest BCUT2D eigenvalue weighted by molar-refractivity contribution is -0.152. The smallest absolute Gasteiger partial charge is 0.450 e. The molecule has 142 valence electrons. The van der Waals surface area contributed by atoms with Crippen LogP contribution in [0.25, 0.3) is 22.1 Å². The minimum Gasteiger partial charge on any atom is -0.493 e. The van der Waals surface area contributed by atoms with Crippen LogP contribution in [-0.2, 0) is 12.6 Å². The Labute approximate surface area is 152 Å². The zero-order valence-electron chi connectivity index (χ0n) is 14.6. The Kier molecular flexibility index (Phi) is 4.95. The summed E-state index contributed by atoms with van der Waals surface area (Å²) in [6, 6.07) is 7.03. The first-order valence-electron chi connectivity index (χ1n) is 8.35. The molecule has 0 saturated heterocycles. The van der Waals surface area contributed by atoms with Gasteiger partial charge in [0.2, 0.25) is 11.2 Å². The summed E-state index contributed by atoms with van der Waals surface area (Å²) < 4.78 is 64.5. The second-order valence-corrected chi connectivity index (χ2v) is 5.88. The van der Waals surface area contributed by atoms with Crippen LogP contribution >= 0.6 is 0 Å². The molecular formula is C20H16F4O3. The summed E-state index contributed by atoms with van der Waals surface area (Å²) in [4.78, 5) is 12.9. The van der Waals surface area contributed by atoms with Gasteiger partial charge in [0.05, 0.1) is 17.6 Å². The number of alkyl halides is 3. The maximum Gasteiger partial charge on any atom is 0.450 e. The highest BCUT2D eigenvalue weighted by molar-refractivity contribution is 5.85. The van der Waals surface area contributed by atoms with Crippen molar-refractivity contribution in [2.75, 3.05) is 6.61 Å². The van der Waals surface area contributed by atoms with Crippen LogP contribution in [0.4, 0.5) is 17.6 Å². The molecular weight excluding hydrogens is 364 g/mol. The predicted octanol–water partition coefficient (Wildman–Crippen LogP) is 5.58. The zero-order valence-corrected chi connectivity index (χ0v) is 14.6. The fourth-order valence-electron chi connectivity index (χ4n) is 2.91. The van der Waals surface area contributed by atoms with Crippen LogP contribution < -0.4 is 10.2 Å². The van der Waals surface area contributed by atoms with Gasteiger partial charge in [0.25, 0.3) is 0 Å². The molecule has 0 aliphatic carbocycles. The standard InChI is InChI=1S/C20H16F4O3/c1-3-11-9-14-16(10-15(11)26-4-2)27-19(20(22,23)24)17(18(14)25)12-5-7-13(21)8-6-12/h5-10H,3-4H2,1-2H3. The quantitative estimate of drug-likeness (QED) is 0.555. The van der Waals surface area contributed by atoms with E-state index in [0.29, 0.717) is 24.3 Å². The molecule has 0 aliphatic rings. The van der Waals surface area contributed by atoms with E-state index in [1.807, 2.05) is 6.92 Å². The molecule has 0 unspecified atom stereocenters. The Bertz CT molecular complexity index is 1030. The van der Waals surface area contributed by atoms with Gasteiger partial charge in [-0.2, -0.15) is 13.2 Å². The number of hydrogen-bond donors (Lipinski definition) is 0. The Morgan fingerprint density at radius 2 is 1.74 bits per heavy atom. The Morgan fingerprint density at radius 1 is 1.07 bits per heavy atom. The third kappa shape index (κ3) is 3.54. The topological polar surface area (TPSA) is 39.4 Å². The molecule has 0 bridgehead atoms. The Hall–Kier alpha value is -2.83. The molecule has 0 spiro atoms. The molecule has 3 rings (SSSR count). The van der Waals surface area contributed by atoms with Crippen molar-refractivity contribution in [2.24, 2.45) is 0 Å². The number of aryl methyl sites for hydroxylation is 1. The van der Waals surface area contributed by atoms with Crippen molar-refractivity contribution in [2.45, 2.75) is 26.4 Å². The molecule has 3 aromatic rings. The van der Waals surface area contributed by atoms with Crippen molar-refractivity contribution in [3.8, 4) is 16.9 Å². The van der Waals surface area contributed by atoms with Gasteiger partial charge in [0.15, 0.2) is 0 Å². The van der Waals surface area contributed by atoms with Gasteiger partial charge in [-0.3, -0.25) is 4.79 Å². The Balaban J connectivity index is 2.40. The van der Waals surface area contributed by atoms with Crippen LogP contribution in [-0.4, -0.2) is 6.61 Å². The maximum absolute atomic E-state index is 13.6. The summed E-state index contributed by atoms with van der Waals surface area (Å²) in [5.41, 5.74) is -1.05.